The van der Waals surface area contributed by atoms with Crippen molar-refractivity contribution < 1.29 is 0 Å². The number of pyridine rings is 1. The lowest BCUT2D eigenvalue weighted by Crippen LogP contribution is -1.93. The van der Waals surface area contributed by atoms with Crippen molar-refractivity contribution in [1.82, 2.24) is 14.1 Å². The van der Waals surface area contributed by atoms with Crippen molar-refractivity contribution in [2.45, 2.75) is 0 Å². The molecule has 19 rings (SSSR count). The number of hydrogen-bond donors (Lipinski definition) is 0. The Hall–Kier alpha value is -11.7. The summed E-state index contributed by atoms with van der Waals surface area (Å²) >= 11 is 0. The van der Waals surface area contributed by atoms with Crippen LogP contribution in [0.15, 0.2) is 322 Å². The first-order valence-electron chi connectivity index (χ1n) is 30.3. The second-order valence-electron chi connectivity index (χ2n) is 23.3. The molecule has 0 radical (unpaired) electrons. The summed E-state index contributed by atoms with van der Waals surface area (Å²) in [4.78, 5) is 5.18. The summed E-state index contributed by atoms with van der Waals surface area (Å²) in [5.74, 6) is 0. The second kappa shape index (κ2) is 20.0. The Bertz CT molecular complexity index is 5640. The number of aromatic nitrogens is 3. The molecular weight excluding hydrogens is 1060 g/mol. The van der Waals surface area contributed by atoms with E-state index in [1.54, 1.807) is 0 Å². The van der Waals surface area contributed by atoms with Gasteiger partial charge < -0.3 is 9.13 Å². The molecule has 2 aliphatic rings. The molecule has 0 fully saturated rings. The normalized spacial score (nSPS) is 11.9. The Morgan fingerprint density at radius 1 is 0.193 bits per heavy atom. The van der Waals surface area contributed by atoms with Gasteiger partial charge in [-0.2, -0.15) is 0 Å². The van der Waals surface area contributed by atoms with E-state index in [-0.39, 0.29) is 0 Å². The van der Waals surface area contributed by atoms with Gasteiger partial charge in [0.05, 0.1) is 33.5 Å². The number of benzene rings is 14. The predicted molar refractivity (Wildman–Crippen MR) is 370 cm³/mol. The van der Waals surface area contributed by atoms with Crippen LogP contribution in [0.1, 0.15) is 0 Å². The molecule has 2 aliphatic carbocycles. The third kappa shape index (κ3) is 7.95. The van der Waals surface area contributed by atoms with Crippen molar-refractivity contribution in [3.63, 3.8) is 0 Å². The SMILES string of the molecule is c1ccc(-n2c3ccccc3c3cc(-c4cccc(-c5ccc6c(c5)-c5cccc7cccc-6c57)n4)ccc32)cc1.c1ccc(-n2c3ccccc3c3ccc(-c4ccc(-c5ccc(-c6ccc7c(c6)-c6cccc8cccc-7c68)cc5)cc4)cc32)cc1. The molecule has 408 valence electrons. The van der Waals surface area contributed by atoms with Crippen molar-refractivity contribution in [2.75, 3.05) is 0 Å². The van der Waals surface area contributed by atoms with E-state index < -0.39 is 0 Å². The van der Waals surface area contributed by atoms with E-state index in [9.17, 15) is 0 Å². The number of nitrogens with zero attached hydrogens (tertiary/aromatic N) is 3. The lowest BCUT2D eigenvalue weighted by atomic mass is 9.95. The summed E-state index contributed by atoms with van der Waals surface area (Å²) in [5, 5.41) is 10.4. The average Bonchev–Trinajstić information content (AvgIpc) is 1.94. The minimum atomic E-state index is 0.979. The molecule has 0 amide bonds. The van der Waals surface area contributed by atoms with Gasteiger partial charge in [-0.1, -0.05) is 243 Å². The van der Waals surface area contributed by atoms with Crippen LogP contribution < -0.4 is 0 Å². The van der Waals surface area contributed by atoms with Crippen molar-refractivity contribution >= 4 is 65.2 Å². The second-order valence-corrected chi connectivity index (χ2v) is 23.3. The van der Waals surface area contributed by atoms with Gasteiger partial charge in [0.1, 0.15) is 0 Å². The van der Waals surface area contributed by atoms with E-state index in [1.807, 2.05) is 0 Å². The van der Waals surface area contributed by atoms with Crippen LogP contribution in [-0.4, -0.2) is 14.1 Å². The average molecular weight is 1120 g/mol. The molecule has 88 heavy (non-hydrogen) atoms. The summed E-state index contributed by atoms with van der Waals surface area (Å²) < 4.78 is 4.73. The van der Waals surface area contributed by atoms with Gasteiger partial charge in [-0.25, -0.2) is 4.98 Å². The van der Waals surface area contributed by atoms with Crippen LogP contribution in [-0.2, 0) is 0 Å². The highest BCUT2D eigenvalue weighted by Gasteiger charge is 2.24. The van der Waals surface area contributed by atoms with Crippen molar-refractivity contribution in [2.24, 2.45) is 0 Å². The maximum Gasteiger partial charge on any atom is 0.0709 e. The monoisotopic (exact) mass is 1120 g/mol. The van der Waals surface area contributed by atoms with Crippen molar-refractivity contribution in [3.8, 4) is 112 Å². The summed E-state index contributed by atoms with van der Waals surface area (Å²) in [6, 6.07) is 117. The summed E-state index contributed by atoms with van der Waals surface area (Å²) in [7, 11) is 0. The minimum Gasteiger partial charge on any atom is -0.309 e. The van der Waals surface area contributed by atoms with Gasteiger partial charge in [-0.15, -0.1) is 0 Å². The predicted octanol–water partition coefficient (Wildman–Crippen LogP) is 22.9. The van der Waals surface area contributed by atoms with Crippen LogP contribution in [0.5, 0.6) is 0 Å². The molecule has 0 N–H and O–H groups in total. The molecule has 3 nitrogen and oxygen atoms in total. The lowest BCUT2D eigenvalue weighted by molar-refractivity contribution is 1.18. The van der Waals surface area contributed by atoms with Crippen LogP contribution in [0, 0.1) is 0 Å². The van der Waals surface area contributed by atoms with Gasteiger partial charge in [0, 0.05) is 44.0 Å². The smallest absolute Gasteiger partial charge is 0.0709 e. The molecule has 0 saturated heterocycles. The highest BCUT2D eigenvalue weighted by Crippen LogP contribution is 2.50. The molecule has 3 heteroatoms. The maximum atomic E-state index is 5.18. The Labute approximate surface area is 509 Å². The van der Waals surface area contributed by atoms with E-state index in [2.05, 4.69) is 331 Å². The number of para-hydroxylation sites is 4. The van der Waals surface area contributed by atoms with Crippen LogP contribution in [0.3, 0.4) is 0 Å². The van der Waals surface area contributed by atoms with Crippen LogP contribution in [0.2, 0.25) is 0 Å². The number of rotatable bonds is 7. The van der Waals surface area contributed by atoms with E-state index >= 15 is 0 Å². The summed E-state index contributed by atoms with van der Waals surface area (Å²) in [6.07, 6.45) is 0. The Kier molecular flexibility index (Phi) is 11.3. The highest BCUT2D eigenvalue weighted by molar-refractivity contribution is 6.17. The first-order valence-corrected chi connectivity index (χ1v) is 30.3. The molecule has 14 aromatic carbocycles. The zero-order valence-electron chi connectivity index (χ0n) is 47.9. The molecule has 0 unspecified atom stereocenters. The first-order chi connectivity index (χ1) is 43.6. The summed E-state index contributed by atoms with van der Waals surface area (Å²) in [5.41, 5.74) is 29.4. The zero-order chi connectivity index (χ0) is 57.8. The third-order valence-electron chi connectivity index (χ3n) is 18.5. The standard InChI is InChI=1S/C46H29N.C39H24N2/c1-2-10-37(11-3-1)47-44-15-5-4-12-39(44)40-27-25-36(29-45(40)47)33-22-18-31(19-23-33)30-16-20-32(21-17-30)35-24-26-38-41-13-6-8-34-9-7-14-42(46(34)41)43(38)28-35;1-2-11-28(12-3-1)41-37-18-5-4-13-30(37)34-24-27(20-22-38(34)41)36-17-8-16-35(40-36)26-19-21-29-31-14-6-9-25-10-7-15-32(39(25)31)33(29)23-26/h1-29H;1-24H. The maximum absolute atomic E-state index is 5.18. The Morgan fingerprint density at radius 3 is 1.10 bits per heavy atom. The van der Waals surface area contributed by atoms with Crippen LogP contribution in [0.4, 0.5) is 0 Å². The van der Waals surface area contributed by atoms with Crippen molar-refractivity contribution in [1.29, 1.82) is 0 Å². The number of hydrogen-bond acceptors (Lipinski definition) is 1. The minimum absolute atomic E-state index is 0.979. The zero-order valence-corrected chi connectivity index (χ0v) is 47.9. The molecule has 0 saturated carbocycles. The molecule has 0 atom stereocenters. The van der Waals surface area contributed by atoms with E-state index in [1.165, 1.54) is 154 Å². The Balaban J connectivity index is 0.000000133. The van der Waals surface area contributed by atoms with E-state index in [0.717, 1.165) is 22.5 Å². The molecule has 0 spiro atoms. The number of fused-ring (bicyclic) bond motifs is 12. The van der Waals surface area contributed by atoms with Gasteiger partial charge in [0.15, 0.2) is 0 Å². The van der Waals surface area contributed by atoms with Gasteiger partial charge >= 0.3 is 0 Å². The fraction of sp³-hybridized carbons (Fsp3) is 0. The summed E-state index contributed by atoms with van der Waals surface area (Å²) in [6.45, 7) is 0. The molecule has 3 heterocycles. The topological polar surface area (TPSA) is 22.8 Å². The molecule has 0 aliphatic heterocycles. The fourth-order valence-corrected chi connectivity index (χ4v) is 14.4. The van der Waals surface area contributed by atoms with Gasteiger partial charge in [-0.3, -0.25) is 0 Å². The third-order valence-corrected chi connectivity index (χ3v) is 18.5. The van der Waals surface area contributed by atoms with E-state index in [4.69, 9.17) is 4.98 Å². The molecule has 17 aromatic rings. The molecule has 3 aromatic heterocycles. The Morgan fingerprint density at radius 2 is 0.557 bits per heavy atom. The van der Waals surface area contributed by atoms with Gasteiger partial charge in [0.2, 0.25) is 0 Å². The van der Waals surface area contributed by atoms with Gasteiger partial charge in [-0.05, 0) is 178 Å². The quantitative estimate of drug-likeness (QED) is 0.156. The van der Waals surface area contributed by atoms with Crippen molar-refractivity contribution in [3.05, 3.63) is 322 Å². The molecule has 0 bridgehead atoms. The van der Waals surface area contributed by atoms with Crippen LogP contribution >= 0.6 is 0 Å². The lowest BCUT2D eigenvalue weighted by Gasteiger charge is -2.10. The first kappa shape index (κ1) is 49.7. The van der Waals surface area contributed by atoms with E-state index in [0.29, 0.717) is 0 Å². The molecular formula is C85H53N3. The highest BCUT2D eigenvalue weighted by atomic mass is 15.0. The largest absolute Gasteiger partial charge is 0.309 e. The fourth-order valence-electron chi connectivity index (χ4n) is 14.4. The van der Waals surface area contributed by atoms with Gasteiger partial charge in [0.25, 0.3) is 0 Å². The van der Waals surface area contributed by atoms with Crippen LogP contribution in [0.25, 0.3) is 177 Å².